The lowest BCUT2D eigenvalue weighted by Gasteiger charge is -2.19. The Balaban J connectivity index is 0.00000182. The smallest absolute Gasteiger partial charge is 0.259 e. The second-order valence-electron chi connectivity index (χ2n) is 5.83. The van der Waals surface area contributed by atoms with Gasteiger partial charge in [-0.1, -0.05) is 5.16 Å². The van der Waals surface area contributed by atoms with Gasteiger partial charge >= 0.3 is 0 Å². The van der Waals surface area contributed by atoms with Crippen LogP contribution in [0, 0.1) is 6.92 Å². The van der Waals surface area contributed by atoms with Crippen molar-refractivity contribution >= 4 is 29.5 Å². The molecule has 3 aromatic heterocycles. The number of carbonyl (C=O) groups is 1. The van der Waals surface area contributed by atoms with Crippen molar-refractivity contribution in [1.82, 2.24) is 20.4 Å². The van der Waals surface area contributed by atoms with Crippen LogP contribution in [0.4, 0.5) is 0 Å². The van der Waals surface area contributed by atoms with Crippen molar-refractivity contribution in [2.24, 2.45) is 0 Å². The fourth-order valence-corrected chi connectivity index (χ4v) is 3.73. The summed E-state index contributed by atoms with van der Waals surface area (Å²) in [6.07, 6.45) is 2.84. The second kappa shape index (κ2) is 7.03. The Hall–Kier alpha value is -2.09. The maximum absolute atomic E-state index is 11.5. The molecule has 0 fully saturated rings. The summed E-state index contributed by atoms with van der Waals surface area (Å²) in [7, 11) is 0. The standard InChI is InChI=1S/C17H16N4O2S.ClH/c1-9-15(13-3-4-18-6-12(13)7-19-9)16-20-17(23-21-16)11-5-14(10(2)22)24-8-11;/h5,7-8,18H,3-4,6H2,1-2H3;1H. The minimum Gasteiger partial charge on any atom is -0.334 e. The molecule has 0 spiro atoms. The molecule has 0 aliphatic carbocycles. The summed E-state index contributed by atoms with van der Waals surface area (Å²) < 4.78 is 5.44. The van der Waals surface area contributed by atoms with Gasteiger partial charge in [-0.2, -0.15) is 4.98 Å². The molecular formula is C17H17ClN4O2S. The summed E-state index contributed by atoms with van der Waals surface area (Å²) in [5.41, 5.74) is 5.07. The highest BCUT2D eigenvalue weighted by Crippen LogP contribution is 2.31. The number of ketones is 1. The Kier molecular flexibility index (Phi) is 4.99. The molecule has 0 atom stereocenters. The third kappa shape index (κ3) is 3.22. The molecule has 0 radical (unpaired) electrons. The van der Waals surface area contributed by atoms with Crippen LogP contribution < -0.4 is 5.32 Å². The van der Waals surface area contributed by atoms with E-state index in [2.05, 4.69) is 20.4 Å². The van der Waals surface area contributed by atoms with E-state index in [0.717, 1.165) is 36.3 Å². The van der Waals surface area contributed by atoms with Gasteiger partial charge in [-0.3, -0.25) is 9.78 Å². The van der Waals surface area contributed by atoms with Gasteiger partial charge in [-0.25, -0.2) is 0 Å². The number of pyridine rings is 1. The van der Waals surface area contributed by atoms with Gasteiger partial charge in [0, 0.05) is 29.4 Å². The van der Waals surface area contributed by atoms with Crippen LogP contribution >= 0.6 is 23.7 Å². The molecule has 3 aromatic rings. The third-order valence-electron chi connectivity index (χ3n) is 4.18. The predicted molar refractivity (Wildman–Crippen MR) is 98.2 cm³/mol. The molecule has 130 valence electrons. The van der Waals surface area contributed by atoms with Gasteiger partial charge in [0.15, 0.2) is 5.78 Å². The van der Waals surface area contributed by atoms with Gasteiger partial charge in [0.25, 0.3) is 5.89 Å². The van der Waals surface area contributed by atoms with Crippen molar-refractivity contribution in [3.05, 3.63) is 39.3 Å². The van der Waals surface area contributed by atoms with Gasteiger partial charge < -0.3 is 9.84 Å². The highest BCUT2D eigenvalue weighted by molar-refractivity contribution is 7.12. The average Bonchev–Trinajstić information content (AvgIpc) is 3.24. The number of aryl methyl sites for hydroxylation is 1. The summed E-state index contributed by atoms with van der Waals surface area (Å²) >= 11 is 1.39. The van der Waals surface area contributed by atoms with Crippen LogP contribution in [0.5, 0.6) is 0 Å². The number of rotatable bonds is 3. The number of Topliss-reactive ketones (excluding diaryl/α,β-unsaturated/α-hetero) is 1. The molecule has 0 bridgehead atoms. The quantitative estimate of drug-likeness (QED) is 0.705. The van der Waals surface area contributed by atoms with E-state index in [1.165, 1.54) is 22.5 Å². The van der Waals surface area contributed by atoms with Gasteiger partial charge in [0.1, 0.15) is 0 Å². The van der Waals surface area contributed by atoms with E-state index in [9.17, 15) is 4.79 Å². The van der Waals surface area contributed by atoms with Gasteiger partial charge in [-0.05, 0) is 44.0 Å². The van der Waals surface area contributed by atoms with Crippen LogP contribution in [0.15, 0.2) is 22.2 Å². The Morgan fingerprint density at radius 3 is 3.00 bits per heavy atom. The summed E-state index contributed by atoms with van der Waals surface area (Å²) in [6, 6.07) is 1.79. The first kappa shape index (κ1) is 17.7. The largest absolute Gasteiger partial charge is 0.334 e. The Labute approximate surface area is 155 Å². The molecule has 1 aliphatic heterocycles. The Morgan fingerprint density at radius 1 is 1.40 bits per heavy atom. The summed E-state index contributed by atoms with van der Waals surface area (Å²) in [5, 5.41) is 9.37. The monoisotopic (exact) mass is 376 g/mol. The number of thiophene rings is 1. The lowest BCUT2D eigenvalue weighted by Crippen LogP contribution is -2.24. The van der Waals surface area contributed by atoms with Crippen molar-refractivity contribution in [3.63, 3.8) is 0 Å². The number of nitrogens with zero attached hydrogens (tertiary/aromatic N) is 3. The summed E-state index contributed by atoms with van der Waals surface area (Å²) in [5.74, 6) is 1.03. The molecule has 4 rings (SSSR count). The molecule has 1 N–H and O–H groups in total. The van der Waals surface area contributed by atoms with Crippen LogP contribution in [-0.2, 0) is 13.0 Å². The van der Waals surface area contributed by atoms with Crippen molar-refractivity contribution in [3.8, 4) is 22.8 Å². The SMILES string of the molecule is CC(=O)c1cc(-c2nc(-c3c(C)ncc4c3CCNC4)no2)cs1.Cl. The summed E-state index contributed by atoms with van der Waals surface area (Å²) in [6.45, 7) is 5.26. The van der Waals surface area contributed by atoms with E-state index < -0.39 is 0 Å². The zero-order valence-corrected chi connectivity index (χ0v) is 15.5. The first-order valence-electron chi connectivity index (χ1n) is 7.75. The molecule has 0 unspecified atom stereocenters. The van der Waals surface area contributed by atoms with Gasteiger partial charge in [0.05, 0.1) is 10.4 Å². The molecule has 1 aliphatic rings. The number of hydrogen-bond donors (Lipinski definition) is 1. The topological polar surface area (TPSA) is 80.9 Å². The van der Waals surface area contributed by atoms with E-state index in [1.54, 1.807) is 13.0 Å². The molecule has 0 amide bonds. The zero-order valence-electron chi connectivity index (χ0n) is 13.8. The van der Waals surface area contributed by atoms with Gasteiger partial charge in [-0.15, -0.1) is 23.7 Å². The van der Waals surface area contributed by atoms with Crippen LogP contribution in [0.3, 0.4) is 0 Å². The number of hydrogen-bond acceptors (Lipinski definition) is 7. The number of halogens is 1. The van der Waals surface area contributed by atoms with Gasteiger partial charge in [0.2, 0.25) is 5.82 Å². The lowest BCUT2D eigenvalue weighted by molar-refractivity contribution is 0.102. The highest BCUT2D eigenvalue weighted by atomic mass is 35.5. The average molecular weight is 377 g/mol. The summed E-state index contributed by atoms with van der Waals surface area (Å²) in [4.78, 5) is 21.2. The maximum Gasteiger partial charge on any atom is 0.259 e. The molecule has 0 saturated carbocycles. The minimum absolute atomic E-state index is 0. The fourth-order valence-electron chi connectivity index (χ4n) is 2.94. The minimum atomic E-state index is 0. The predicted octanol–water partition coefficient (Wildman–Crippen LogP) is 3.44. The number of fused-ring (bicyclic) bond motifs is 1. The van der Waals surface area contributed by atoms with Crippen LogP contribution in [0.1, 0.15) is 33.4 Å². The lowest BCUT2D eigenvalue weighted by atomic mass is 9.95. The number of nitrogens with one attached hydrogen (secondary N) is 1. The van der Waals surface area contributed by atoms with Crippen LogP contribution in [-0.4, -0.2) is 27.5 Å². The maximum atomic E-state index is 11.5. The van der Waals surface area contributed by atoms with E-state index in [4.69, 9.17) is 4.52 Å². The second-order valence-corrected chi connectivity index (χ2v) is 6.74. The van der Waals surface area contributed by atoms with Crippen molar-refractivity contribution < 1.29 is 9.32 Å². The molecule has 6 nitrogen and oxygen atoms in total. The number of aromatic nitrogens is 3. The highest BCUT2D eigenvalue weighted by Gasteiger charge is 2.21. The van der Waals surface area contributed by atoms with Crippen molar-refractivity contribution in [2.75, 3.05) is 6.54 Å². The van der Waals surface area contributed by atoms with E-state index in [-0.39, 0.29) is 18.2 Å². The molecule has 0 saturated heterocycles. The molecule has 8 heteroatoms. The van der Waals surface area contributed by atoms with Crippen molar-refractivity contribution in [1.29, 1.82) is 0 Å². The molecule has 4 heterocycles. The Morgan fingerprint density at radius 2 is 2.24 bits per heavy atom. The molecular weight excluding hydrogens is 360 g/mol. The van der Waals surface area contributed by atoms with E-state index >= 15 is 0 Å². The normalized spacial score (nSPS) is 13.2. The molecule has 25 heavy (non-hydrogen) atoms. The molecule has 0 aromatic carbocycles. The first-order valence-corrected chi connectivity index (χ1v) is 8.63. The number of carbonyl (C=O) groups excluding carboxylic acids is 1. The van der Waals surface area contributed by atoms with Crippen LogP contribution in [0.25, 0.3) is 22.8 Å². The third-order valence-corrected chi connectivity index (χ3v) is 5.21. The van der Waals surface area contributed by atoms with E-state index in [0.29, 0.717) is 16.6 Å². The van der Waals surface area contributed by atoms with E-state index in [1.807, 2.05) is 18.5 Å². The zero-order chi connectivity index (χ0) is 16.7. The first-order chi connectivity index (χ1) is 11.6. The fraction of sp³-hybridized carbons (Fsp3) is 0.294. The van der Waals surface area contributed by atoms with Crippen LogP contribution in [0.2, 0.25) is 0 Å². The Bertz CT molecular complexity index is 935. The van der Waals surface area contributed by atoms with Crippen molar-refractivity contribution in [2.45, 2.75) is 26.8 Å².